The van der Waals surface area contributed by atoms with Gasteiger partial charge < -0.3 is 20.4 Å². The lowest BCUT2D eigenvalue weighted by molar-refractivity contribution is -0.142. The molecule has 0 atom stereocenters. The zero-order valence-electron chi connectivity index (χ0n) is 16.1. The van der Waals surface area contributed by atoms with Gasteiger partial charge in [0.25, 0.3) is 5.91 Å². The number of carbonyl (C=O) groups is 3. The molecule has 0 bridgehead atoms. The Kier molecular flexibility index (Phi) is 5.39. The Labute approximate surface area is 160 Å². The summed E-state index contributed by atoms with van der Waals surface area (Å²) in [5, 5.41) is 0. The SMILES string of the molecule is CN(C)c1ccc(C(=O)N2CCC3(CCC(=O)N(CC(N)=O)C3)CC2)cc1. The summed E-state index contributed by atoms with van der Waals surface area (Å²) in [6, 6.07) is 7.64. The van der Waals surface area contributed by atoms with E-state index in [0.29, 0.717) is 31.6 Å². The zero-order valence-corrected chi connectivity index (χ0v) is 16.1. The van der Waals surface area contributed by atoms with Gasteiger partial charge in [0.2, 0.25) is 11.8 Å². The fourth-order valence-electron chi connectivity index (χ4n) is 4.11. The van der Waals surface area contributed by atoms with Crippen LogP contribution in [0.4, 0.5) is 5.69 Å². The third kappa shape index (κ3) is 4.23. The Morgan fingerprint density at radius 2 is 1.74 bits per heavy atom. The summed E-state index contributed by atoms with van der Waals surface area (Å²) in [5.41, 5.74) is 7.03. The first-order valence-corrected chi connectivity index (χ1v) is 9.42. The first kappa shape index (κ1) is 19.2. The maximum atomic E-state index is 12.8. The summed E-state index contributed by atoms with van der Waals surface area (Å²) < 4.78 is 0. The van der Waals surface area contributed by atoms with Crippen LogP contribution >= 0.6 is 0 Å². The van der Waals surface area contributed by atoms with Crippen LogP contribution in [0.15, 0.2) is 24.3 Å². The van der Waals surface area contributed by atoms with Gasteiger partial charge in [-0.15, -0.1) is 0 Å². The Balaban J connectivity index is 1.61. The second-order valence-corrected chi connectivity index (χ2v) is 7.95. The minimum atomic E-state index is -0.478. The predicted molar refractivity (Wildman–Crippen MR) is 103 cm³/mol. The van der Waals surface area contributed by atoms with Crippen molar-refractivity contribution in [3.05, 3.63) is 29.8 Å². The van der Waals surface area contributed by atoms with Crippen molar-refractivity contribution < 1.29 is 14.4 Å². The Hall–Kier alpha value is -2.57. The van der Waals surface area contributed by atoms with E-state index in [0.717, 1.165) is 24.9 Å². The summed E-state index contributed by atoms with van der Waals surface area (Å²) in [4.78, 5) is 41.5. The van der Waals surface area contributed by atoms with E-state index >= 15 is 0 Å². The van der Waals surface area contributed by atoms with Gasteiger partial charge in [-0.3, -0.25) is 14.4 Å². The van der Waals surface area contributed by atoms with E-state index in [-0.39, 0.29) is 23.8 Å². The zero-order chi connectivity index (χ0) is 19.6. The molecule has 0 unspecified atom stereocenters. The number of hydrogen-bond acceptors (Lipinski definition) is 4. The molecule has 2 saturated heterocycles. The standard InChI is InChI=1S/C20H28N4O3/c1-22(2)16-5-3-15(4-6-16)19(27)23-11-9-20(10-12-23)8-7-18(26)24(14-20)13-17(21)25/h3-6H,7-14H2,1-2H3,(H2,21,25). The van der Waals surface area contributed by atoms with Crippen molar-refractivity contribution in [1.29, 1.82) is 0 Å². The molecule has 2 N–H and O–H groups in total. The van der Waals surface area contributed by atoms with E-state index in [9.17, 15) is 14.4 Å². The maximum absolute atomic E-state index is 12.8. The van der Waals surface area contributed by atoms with Crippen LogP contribution in [0.5, 0.6) is 0 Å². The number of piperidine rings is 2. The molecule has 7 heteroatoms. The molecule has 0 radical (unpaired) electrons. The second-order valence-electron chi connectivity index (χ2n) is 7.95. The van der Waals surface area contributed by atoms with Gasteiger partial charge in [0.15, 0.2) is 0 Å². The van der Waals surface area contributed by atoms with Gasteiger partial charge in [-0.25, -0.2) is 0 Å². The van der Waals surface area contributed by atoms with E-state index < -0.39 is 5.91 Å². The molecule has 3 rings (SSSR count). The van der Waals surface area contributed by atoms with Crippen LogP contribution in [-0.2, 0) is 9.59 Å². The fraction of sp³-hybridized carbons (Fsp3) is 0.550. The van der Waals surface area contributed by atoms with Gasteiger partial charge in [0, 0.05) is 51.4 Å². The molecule has 1 spiro atoms. The van der Waals surface area contributed by atoms with Gasteiger partial charge in [-0.05, 0) is 48.9 Å². The van der Waals surface area contributed by atoms with Crippen molar-refractivity contribution in [3.8, 4) is 0 Å². The summed E-state index contributed by atoms with van der Waals surface area (Å²) in [5.74, 6) is -0.427. The van der Waals surface area contributed by atoms with Crippen LogP contribution in [0.25, 0.3) is 0 Å². The van der Waals surface area contributed by atoms with Crippen molar-refractivity contribution in [1.82, 2.24) is 9.80 Å². The molecule has 146 valence electrons. The molecule has 3 amide bonds. The van der Waals surface area contributed by atoms with Gasteiger partial charge >= 0.3 is 0 Å². The lowest BCUT2D eigenvalue weighted by Crippen LogP contribution is -2.53. The minimum absolute atomic E-state index is 0.00101. The largest absolute Gasteiger partial charge is 0.378 e. The van der Waals surface area contributed by atoms with Gasteiger partial charge in [-0.1, -0.05) is 0 Å². The first-order chi connectivity index (χ1) is 12.8. The molecule has 7 nitrogen and oxygen atoms in total. The molecule has 2 fully saturated rings. The van der Waals surface area contributed by atoms with E-state index in [1.165, 1.54) is 0 Å². The Morgan fingerprint density at radius 3 is 2.30 bits per heavy atom. The third-order valence-corrected chi connectivity index (χ3v) is 5.84. The van der Waals surface area contributed by atoms with Crippen molar-refractivity contribution >= 4 is 23.4 Å². The van der Waals surface area contributed by atoms with Crippen LogP contribution in [0.1, 0.15) is 36.0 Å². The van der Waals surface area contributed by atoms with Crippen molar-refractivity contribution in [2.24, 2.45) is 11.1 Å². The molecular weight excluding hydrogens is 344 g/mol. The maximum Gasteiger partial charge on any atom is 0.253 e. The highest BCUT2D eigenvalue weighted by Gasteiger charge is 2.42. The van der Waals surface area contributed by atoms with E-state index in [1.807, 2.05) is 48.2 Å². The van der Waals surface area contributed by atoms with Crippen LogP contribution in [0.2, 0.25) is 0 Å². The minimum Gasteiger partial charge on any atom is -0.378 e. The molecule has 2 aliphatic rings. The average Bonchev–Trinajstić information content (AvgIpc) is 2.65. The quantitative estimate of drug-likeness (QED) is 0.857. The number of carbonyl (C=O) groups excluding carboxylic acids is 3. The van der Waals surface area contributed by atoms with Crippen molar-refractivity contribution in [2.75, 3.05) is 45.2 Å². The normalized spacial score (nSPS) is 19.3. The number of benzene rings is 1. The van der Waals surface area contributed by atoms with Crippen LogP contribution in [0, 0.1) is 5.41 Å². The highest BCUT2D eigenvalue weighted by atomic mass is 16.2. The third-order valence-electron chi connectivity index (χ3n) is 5.84. The van der Waals surface area contributed by atoms with Crippen LogP contribution in [-0.4, -0.2) is 67.8 Å². The molecule has 2 aliphatic heterocycles. The molecule has 27 heavy (non-hydrogen) atoms. The number of anilines is 1. The van der Waals surface area contributed by atoms with E-state index in [4.69, 9.17) is 5.73 Å². The van der Waals surface area contributed by atoms with Crippen molar-refractivity contribution in [3.63, 3.8) is 0 Å². The Bertz CT molecular complexity index is 721. The molecule has 1 aromatic rings. The number of nitrogens with zero attached hydrogens (tertiary/aromatic N) is 3. The number of amides is 3. The monoisotopic (exact) mass is 372 g/mol. The lowest BCUT2D eigenvalue weighted by Gasteiger charge is -2.47. The number of nitrogens with two attached hydrogens (primary N) is 1. The van der Waals surface area contributed by atoms with Gasteiger partial charge in [-0.2, -0.15) is 0 Å². The number of rotatable bonds is 4. The number of hydrogen-bond donors (Lipinski definition) is 1. The lowest BCUT2D eigenvalue weighted by atomic mass is 9.72. The fourth-order valence-corrected chi connectivity index (χ4v) is 4.11. The summed E-state index contributed by atoms with van der Waals surface area (Å²) in [6.07, 6.45) is 2.96. The van der Waals surface area contributed by atoms with Gasteiger partial charge in [0.05, 0.1) is 6.54 Å². The van der Waals surface area contributed by atoms with Crippen LogP contribution < -0.4 is 10.6 Å². The first-order valence-electron chi connectivity index (χ1n) is 9.42. The van der Waals surface area contributed by atoms with Gasteiger partial charge in [0.1, 0.15) is 0 Å². The van der Waals surface area contributed by atoms with E-state index in [1.54, 1.807) is 4.90 Å². The molecule has 1 aromatic carbocycles. The number of primary amides is 1. The second kappa shape index (κ2) is 7.58. The average molecular weight is 372 g/mol. The topological polar surface area (TPSA) is 87.0 Å². The van der Waals surface area contributed by atoms with Crippen LogP contribution in [0.3, 0.4) is 0 Å². The van der Waals surface area contributed by atoms with E-state index in [2.05, 4.69) is 0 Å². The molecule has 2 heterocycles. The summed E-state index contributed by atoms with van der Waals surface area (Å²) in [7, 11) is 3.94. The highest BCUT2D eigenvalue weighted by molar-refractivity contribution is 5.94. The Morgan fingerprint density at radius 1 is 1.11 bits per heavy atom. The molecule has 0 aromatic heterocycles. The molecule has 0 saturated carbocycles. The molecular formula is C20H28N4O3. The predicted octanol–water partition coefficient (Wildman–Crippen LogP) is 1.08. The van der Waals surface area contributed by atoms with Crippen molar-refractivity contribution in [2.45, 2.75) is 25.7 Å². The summed E-state index contributed by atoms with van der Waals surface area (Å²) in [6.45, 7) is 1.90. The molecule has 0 aliphatic carbocycles. The summed E-state index contributed by atoms with van der Waals surface area (Å²) >= 11 is 0. The smallest absolute Gasteiger partial charge is 0.253 e. The highest BCUT2D eigenvalue weighted by Crippen LogP contribution is 2.40. The number of likely N-dealkylation sites (tertiary alicyclic amines) is 2.